The van der Waals surface area contributed by atoms with Gasteiger partial charge in [0.1, 0.15) is 13.2 Å². The average Bonchev–Trinajstić information content (AvgIpc) is 2.96. The first kappa shape index (κ1) is 23.0. The molecule has 0 saturated carbocycles. The van der Waals surface area contributed by atoms with Crippen LogP contribution in [0, 0.1) is 12.3 Å². The summed E-state index contributed by atoms with van der Waals surface area (Å²) in [6.07, 6.45) is 6.62. The van der Waals surface area contributed by atoms with E-state index in [9.17, 15) is 14.4 Å². The number of amides is 3. The van der Waals surface area contributed by atoms with Gasteiger partial charge in [0, 0.05) is 0 Å². The minimum atomic E-state index is -0.607. The van der Waals surface area contributed by atoms with Crippen molar-refractivity contribution < 1.29 is 19.1 Å². The second-order valence-electron chi connectivity index (χ2n) is 6.10. The molecule has 0 atom stereocenters. The highest BCUT2D eigenvalue weighted by molar-refractivity contribution is 8.18. The largest absolute Gasteiger partial charge is 0.478 e. The van der Waals surface area contributed by atoms with E-state index in [2.05, 4.69) is 11.2 Å². The summed E-state index contributed by atoms with van der Waals surface area (Å²) in [6.45, 7) is -0.457. The number of anilines is 1. The molecule has 0 spiro atoms. The molecule has 1 aliphatic heterocycles. The van der Waals surface area contributed by atoms with Crippen LogP contribution in [0.2, 0.25) is 15.1 Å². The SMILES string of the molecule is C#CCOc1c(Cl)cc(/C=C2/SC(=O)N(CC(=O)Nc3ccccc3Cl)C2=O)cc1Cl. The third-order valence-electron chi connectivity index (χ3n) is 3.94. The van der Waals surface area contributed by atoms with Gasteiger partial charge in [-0.15, -0.1) is 6.42 Å². The van der Waals surface area contributed by atoms with Crippen molar-refractivity contribution in [3.05, 3.63) is 61.9 Å². The highest BCUT2D eigenvalue weighted by Crippen LogP contribution is 2.37. The first-order valence-corrected chi connectivity index (χ1v) is 10.6. The Morgan fingerprint density at radius 2 is 1.84 bits per heavy atom. The van der Waals surface area contributed by atoms with Crippen LogP contribution in [-0.2, 0) is 9.59 Å². The van der Waals surface area contributed by atoms with Crippen molar-refractivity contribution in [1.82, 2.24) is 4.90 Å². The van der Waals surface area contributed by atoms with Gasteiger partial charge in [-0.1, -0.05) is 52.9 Å². The second-order valence-corrected chi connectivity index (χ2v) is 8.32. The number of hydrogen-bond acceptors (Lipinski definition) is 5. The fourth-order valence-electron chi connectivity index (χ4n) is 2.60. The Morgan fingerprint density at radius 1 is 1.16 bits per heavy atom. The van der Waals surface area contributed by atoms with E-state index in [1.165, 1.54) is 18.2 Å². The first-order valence-electron chi connectivity index (χ1n) is 8.65. The van der Waals surface area contributed by atoms with E-state index in [-0.39, 0.29) is 27.3 Å². The van der Waals surface area contributed by atoms with Crippen molar-refractivity contribution in [2.75, 3.05) is 18.5 Å². The van der Waals surface area contributed by atoms with Crippen LogP contribution in [0.15, 0.2) is 41.3 Å². The lowest BCUT2D eigenvalue weighted by molar-refractivity contribution is -0.127. The van der Waals surface area contributed by atoms with Gasteiger partial charge in [-0.25, -0.2) is 0 Å². The Kier molecular flexibility index (Phi) is 7.52. The van der Waals surface area contributed by atoms with Crippen LogP contribution in [0.5, 0.6) is 5.75 Å². The number of rotatable bonds is 6. The molecule has 1 saturated heterocycles. The molecule has 0 aliphatic carbocycles. The molecule has 31 heavy (non-hydrogen) atoms. The van der Waals surface area contributed by atoms with Crippen molar-refractivity contribution in [3.8, 4) is 18.1 Å². The zero-order valence-electron chi connectivity index (χ0n) is 15.7. The maximum atomic E-state index is 12.7. The molecular weight excluding hydrogens is 483 g/mol. The average molecular weight is 496 g/mol. The fraction of sp³-hybridized carbons (Fsp3) is 0.0952. The number of carbonyl (C=O) groups is 3. The summed E-state index contributed by atoms with van der Waals surface area (Å²) in [5, 5.41) is 2.74. The highest BCUT2D eigenvalue weighted by atomic mass is 35.5. The molecule has 1 aliphatic rings. The van der Waals surface area contributed by atoms with Crippen molar-refractivity contribution in [3.63, 3.8) is 0 Å². The molecule has 2 aromatic carbocycles. The summed E-state index contributed by atoms with van der Waals surface area (Å²) in [5.41, 5.74) is 0.863. The lowest BCUT2D eigenvalue weighted by Gasteiger charge is -2.13. The number of terminal acetylenes is 1. The summed E-state index contributed by atoms with van der Waals surface area (Å²) in [4.78, 5) is 38.2. The lowest BCUT2D eigenvalue weighted by Crippen LogP contribution is -2.36. The highest BCUT2D eigenvalue weighted by Gasteiger charge is 2.36. The van der Waals surface area contributed by atoms with Crippen LogP contribution in [0.1, 0.15) is 5.56 Å². The molecular formula is C21H13Cl3N2O4S. The monoisotopic (exact) mass is 494 g/mol. The van der Waals surface area contributed by atoms with Gasteiger partial charge < -0.3 is 10.1 Å². The number of nitrogens with one attached hydrogen (secondary N) is 1. The molecule has 1 heterocycles. The molecule has 6 nitrogen and oxygen atoms in total. The van der Waals surface area contributed by atoms with Crippen LogP contribution in [0.25, 0.3) is 6.08 Å². The van der Waals surface area contributed by atoms with Gasteiger partial charge in [-0.3, -0.25) is 19.3 Å². The van der Waals surface area contributed by atoms with Gasteiger partial charge in [0.25, 0.3) is 11.1 Å². The Hall–Kier alpha value is -2.63. The Bertz CT molecular complexity index is 1120. The number of halogens is 3. The Labute approximate surface area is 197 Å². The maximum absolute atomic E-state index is 12.7. The standard InChI is InChI=1S/C21H13Cl3N2O4S/c1-2-7-30-19-14(23)8-12(9-15(19)24)10-17-20(28)26(21(29)31-17)11-18(27)25-16-6-4-3-5-13(16)22/h1,3-6,8-10H,7,11H2,(H,25,27)/b17-10+. The van der Waals surface area contributed by atoms with E-state index in [0.717, 1.165) is 4.90 Å². The zero-order chi connectivity index (χ0) is 22.5. The summed E-state index contributed by atoms with van der Waals surface area (Å²) >= 11 is 19.0. The van der Waals surface area contributed by atoms with E-state index in [4.69, 9.17) is 46.0 Å². The lowest BCUT2D eigenvalue weighted by atomic mass is 10.2. The van der Waals surface area contributed by atoms with Gasteiger partial charge in [0.2, 0.25) is 5.91 Å². The maximum Gasteiger partial charge on any atom is 0.294 e. The normalized spacial score (nSPS) is 14.6. The van der Waals surface area contributed by atoms with Crippen LogP contribution in [-0.4, -0.2) is 35.1 Å². The second kappa shape index (κ2) is 10.1. The van der Waals surface area contributed by atoms with Crippen LogP contribution >= 0.6 is 46.6 Å². The van der Waals surface area contributed by atoms with Gasteiger partial charge in [0.05, 0.1) is 25.7 Å². The molecule has 3 rings (SSSR count). The number of nitrogens with zero attached hydrogens (tertiary/aromatic N) is 1. The van der Waals surface area contributed by atoms with E-state index >= 15 is 0 Å². The molecule has 1 fully saturated rings. The number of benzene rings is 2. The molecule has 1 N–H and O–H groups in total. The van der Waals surface area contributed by atoms with Crippen molar-refractivity contribution in [1.29, 1.82) is 0 Å². The topological polar surface area (TPSA) is 75.7 Å². The van der Waals surface area contributed by atoms with Crippen LogP contribution < -0.4 is 10.1 Å². The molecule has 0 radical (unpaired) electrons. The molecule has 10 heteroatoms. The predicted molar refractivity (Wildman–Crippen MR) is 124 cm³/mol. The third-order valence-corrected chi connectivity index (χ3v) is 5.74. The predicted octanol–water partition coefficient (Wildman–Crippen LogP) is 5.33. The number of thioether (sulfide) groups is 1. The number of hydrogen-bond donors (Lipinski definition) is 1. The van der Waals surface area contributed by atoms with Gasteiger partial charge in [0.15, 0.2) is 5.75 Å². The molecule has 0 bridgehead atoms. The molecule has 0 unspecified atom stereocenters. The summed E-state index contributed by atoms with van der Waals surface area (Å²) < 4.78 is 5.29. The summed E-state index contributed by atoms with van der Waals surface area (Å²) in [6, 6.07) is 9.68. The van der Waals surface area contributed by atoms with E-state index < -0.39 is 23.6 Å². The number of imide groups is 1. The van der Waals surface area contributed by atoms with Gasteiger partial charge in [-0.05, 0) is 47.7 Å². The van der Waals surface area contributed by atoms with Crippen LogP contribution in [0.4, 0.5) is 10.5 Å². The van der Waals surface area contributed by atoms with E-state index in [0.29, 0.717) is 28.0 Å². The molecule has 158 valence electrons. The summed E-state index contributed by atoms with van der Waals surface area (Å²) in [5.74, 6) is 1.37. The number of carbonyl (C=O) groups excluding carboxylic acids is 3. The van der Waals surface area contributed by atoms with Crippen molar-refractivity contribution >= 4 is 75.4 Å². The molecule has 3 amide bonds. The Morgan fingerprint density at radius 3 is 2.48 bits per heavy atom. The van der Waals surface area contributed by atoms with E-state index in [1.54, 1.807) is 24.3 Å². The van der Waals surface area contributed by atoms with Gasteiger partial charge in [-0.2, -0.15) is 0 Å². The smallest absolute Gasteiger partial charge is 0.294 e. The minimum absolute atomic E-state index is 0.00602. The molecule has 0 aromatic heterocycles. The minimum Gasteiger partial charge on any atom is -0.478 e. The van der Waals surface area contributed by atoms with E-state index in [1.807, 2.05) is 0 Å². The quantitative estimate of drug-likeness (QED) is 0.433. The zero-order valence-corrected chi connectivity index (χ0v) is 18.7. The fourth-order valence-corrected chi connectivity index (χ4v) is 4.23. The third kappa shape index (κ3) is 5.54. The number of para-hydroxylation sites is 1. The Balaban J connectivity index is 1.74. The first-order chi connectivity index (χ1) is 14.8. The number of ether oxygens (including phenoxy) is 1. The van der Waals surface area contributed by atoms with Crippen molar-refractivity contribution in [2.45, 2.75) is 0 Å². The van der Waals surface area contributed by atoms with Crippen LogP contribution in [0.3, 0.4) is 0 Å². The summed E-state index contributed by atoms with van der Waals surface area (Å²) in [7, 11) is 0. The van der Waals surface area contributed by atoms with Gasteiger partial charge >= 0.3 is 0 Å². The molecule has 2 aromatic rings. The van der Waals surface area contributed by atoms with Crippen molar-refractivity contribution in [2.24, 2.45) is 0 Å².